The van der Waals surface area contributed by atoms with Gasteiger partial charge in [-0.15, -0.1) is 0 Å². The van der Waals surface area contributed by atoms with Crippen molar-refractivity contribution in [3.05, 3.63) is 35.3 Å². The number of hydrogen-bond acceptors (Lipinski definition) is 2. The van der Waals surface area contributed by atoms with Crippen LogP contribution in [-0.2, 0) is 0 Å². The van der Waals surface area contributed by atoms with E-state index in [1.165, 1.54) is 44.9 Å². The minimum Gasteiger partial charge on any atom is -0.350 e. The van der Waals surface area contributed by atoms with Crippen LogP contribution in [0.5, 0.6) is 0 Å². The predicted octanol–water partition coefficient (Wildman–Crippen LogP) is 4.04. The van der Waals surface area contributed by atoms with E-state index in [1.807, 2.05) is 36.6 Å². The van der Waals surface area contributed by atoms with Gasteiger partial charge in [0.25, 0.3) is 5.91 Å². The fourth-order valence-electron chi connectivity index (χ4n) is 3.61. The van der Waals surface area contributed by atoms with Crippen LogP contribution in [0.1, 0.15) is 66.7 Å². The second kappa shape index (κ2) is 7.16. The predicted molar refractivity (Wildman–Crippen MR) is 92.8 cm³/mol. The van der Waals surface area contributed by atoms with Crippen LogP contribution in [0.15, 0.2) is 18.3 Å². The van der Waals surface area contributed by atoms with Crippen molar-refractivity contribution in [2.45, 2.75) is 58.8 Å². The molecule has 4 nitrogen and oxygen atoms in total. The molecule has 0 aromatic carbocycles. The average Bonchev–Trinajstić information content (AvgIpc) is 2.81. The van der Waals surface area contributed by atoms with Gasteiger partial charge in [-0.1, -0.05) is 38.2 Å². The molecule has 1 N–H and O–H groups in total. The van der Waals surface area contributed by atoms with Crippen LogP contribution < -0.4 is 5.32 Å². The quantitative estimate of drug-likeness (QED) is 0.929. The fraction of sp³-hybridized carbons (Fsp3) is 0.579. The largest absolute Gasteiger partial charge is 0.350 e. The molecule has 0 unspecified atom stereocenters. The Morgan fingerprint density at radius 3 is 2.61 bits per heavy atom. The first-order chi connectivity index (χ1) is 11.1. The van der Waals surface area contributed by atoms with Crippen molar-refractivity contribution < 1.29 is 4.79 Å². The average molecular weight is 313 g/mol. The molecule has 1 aliphatic rings. The standard InChI is InChI=1S/C19H27N3O/c1-14-10-11-17-21-15(2)18(22(17)13-14)19(23)20-12-16-8-6-4-3-5-7-9-16/h10-11,13,16H,3-9,12H2,1-2H3,(H,20,23). The Bertz CT molecular complexity index is 681. The van der Waals surface area contributed by atoms with Crippen molar-refractivity contribution >= 4 is 11.6 Å². The van der Waals surface area contributed by atoms with Gasteiger partial charge in [0.1, 0.15) is 11.3 Å². The van der Waals surface area contributed by atoms with Crippen LogP contribution in [0.25, 0.3) is 5.65 Å². The number of imidazole rings is 1. The molecule has 1 saturated carbocycles. The van der Waals surface area contributed by atoms with Crippen molar-refractivity contribution in [3.8, 4) is 0 Å². The molecule has 0 atom stereocenters. The van der Waals surface area contributed by atoms with Gasteiger partial charge < -0.3 is 5.32 Å². The van der Waals surface area contributed by atoms with E-state index in [9.17, 15) is 4.79 Å². The highest BCUT2D eigenvalue weighted by Gasteiger charge is 2.18. The molecule has 0 spiro atoms. The molecule has 2 aromatic rings. The van der Waals surface area contributed by atoms with Crippen molar-refractivity contribution in [1.82, 2.24) is 14.7 Å². The van der Waals surface area contributed by atoms with Crippen LogP contribution in [0.4, 0.5) is 0 Å². The molecule has 23 heavy (non-hydrogen) atoms. The highest BCUT2D eigenvalue weighted by Crippen LogP contribution is 2.22. The summed E-state index contributed by atoms with van der Waals surface area (Å²) < 4.78 is 1.91. The number of pyridine rings is 1. The SMILES string of the molecule is Cc1ccc2nc(C)c(C(=O)NCC3CCCCCCC3)n2c1. The molecule has 1 aliphatic carbocycles. The summed E-state index contributed by atoms with van der Waals surface area (Å²) in [6.45, 7) is 4.73. The summed E-state index contributed by atoms with van der Waals surface area (Å²) in [6.07, 6.45) is 11.1. The van der Waals surface area contributed by atoms with Crippen molar-refractivity contribution in [2.75, 3.05) is 6.54 Å². The third-order valence-electron chi connectivity index (χ3n) is 4.93. The molecule has 3 rings (SSSR count). The van der Waals surface area contributed by atoms with E-state index in [-0.39, 0.29) is 5.91 Å². The van der Waals surface area contributed by atoms with Gasteiger partial charge in [0, 0.05) is 12.7 Å². The molecule has 4 heteroatoms. The minimum atomic E-state index is 0.00246. The normalized spacial score (nSPS) is 17.0. The van der Waals surface area contributed by atoms with E-state index in [0.717, 1.165) is 23.4 Å². The lowest BCUT2D eigenvalue weighted by atomic mass is 9.91. The van der Waals surface area contributed by atoms with Crippen LogP contribution in [-0.4, -0.2) is 21.8 Å². The highest BCUT2D eigenvalue weighted by molar-refractivity contribution is 5.94. The number of hydrogen-bond donors (Lipinski definition) is 1. The maximum atomic E-state index is 12.7. The summed E-state index contributed by atoms with van der Waals surface area (Å²) in [5, 5.41) is 3.16. The smallest absolute Gasteiger partial charge is 0.270 e. The lowest BCUT2D eigenvalue weighted by Gasteiger charge is -2.20. The molecule has 0 radical (unpaired) electrons. The van der Waals surface area contributed by atoms with E-state index in [0.29, 0.717) is 11.6 Å². The summed E-state index contributed by atoms with van der Waals surface area (Å²) in [4.78, 5) is 17.2. The highest BCUT2D eigenvalue weighted by atomic mass is 16.1. The maximum absolute atomic E-state index is 12.7. The van der Waals surface area contributed by atoms with Gasteiger partial charge in [-0.25, -0.2) is 4.98 Å². The molecular weight excluding hydrogens is 286 g/mol. The van der Waals surface area contributed by atoms with Gasteiger partial charge in [0.2, 0.25) is 0 Å². The molecule has 124 valence electrons. The summed E-state index contributed by atoms with van der Waals surface area (Å²) in [5.74, 6) is 0.628. The lowest BCUT2D eigenvalue weighted by molar-refractivity contribution is 0.0938. The molecule has 1 fully saturated rings. The Balaban J connectivity index is 1.70. The first-order valence-electron chi connectivity index (χ1n) is 8.88. The Kier molecular flexibility index (Phi) is 4.99. The van der Waals surface area contributed by atoms with Crippen molar-refractivity contribution in [2.24, 2.45) is 5.92 Å². The summed E-state index contributed by atoms with van der Waals surface area (Å²) >= 11 is 0. The zero-order chi connectivity index (χ0) is 16.2. The maximum Gasteiger partial charge on any atom is 0.270 e. The topological polar surface area (TPSA) is 46.4 Å². The molecule has 2 heterocycles. The number of rotatable bonds is 3. The number of nitrogens with zero attached hydrogens (tertiary/aromatic N) is 2. The zero-order valence-corrected chi connectivity index (χ0v) is 14.3. The molecular formula is C19H27N3O. The zero-order valence-electron chi connectivity index (χ0n) is 14.3. The van der Waals surface area contributed by atoms with Gasteiger partial charge in [0.05, 0.1) is 5.69 Å². The number of amides is 1. The summed E-state index contributed by atoms with van der Waals surface area (Å²) in [5.41, 5.74) is 3.44. The van der Waals surface area contributed by atoms with Crippen molar-refractivity contribution in [1.29, 1.82) is 0 Å². The number of carbonyl (C=O) groups is 1. The lowest BCUT2D eigenvalue weighted by Crippen LogP contribution is -2.31. The monoisotopic (exact) mass is 313 g/mol. The molecule has 0 aliphatic heterocycles. The molecule has 1 amide bonds. The summed E-state index contributed by atoms with van der Waals surface area (Å²) in [7, 11) is 0. The van der Waals surface area contributed by atoms with E-state index < -0.39 is 0 Å². The number of aryl methyl sites for hydroxylation is 2. The van der Waals surface area contributed by atoms with Crippen LogP contribution >= 0.6 is 0 Å². The second-order valence-corrected chi connectivity index (χ2v) is 6.90. The summed E-state index contributed by atoms with van der Waals surface area (Å²) in [6, 6.07) is 3.99. The van der Waals surface area contributed by atoms with Gasteiger partial charge in [0.15, 0.2) is 0 Å². The third-order valence-corrected chi connectivity index (χ3v) is 4.93. The van der Waals surface area contributed by atoms with Gasteiger partial charge in [-0.2, -0.15) is 0 Å². The van der Waals surface area contributed by atoms with E-state index in [2.05, 4.69) is 10.3 Å². The molecule has 2 aromatic heterocycles. The Morgan fingerprint density at radius 2 is 1.87 bits per heavy atom. The third kappa shape index (κ3) is 3.74. The Hall–Kier alpha value is -1.84. The first-order valence-corrected chi connectivity index (χ1v) is 8.88. The van der Waals surface area contributed by atoms with Gasteiger partial charge in [-0.05, 0) is 44.2 Å². The van der Waals surface area contributed by atoms with Crippen LogP contribution in [0, 0.1) is 19.8 Å². The fourth-order valence-corrected chi connectivity index (χ4v) is 3.61. The van der Waals surface area contributed by atoms with Crippen molar-refractivity contribution in [3.63, 3.8) is 0 Å². The van der Waals surface area contributed by atoms with Gasteiger partial charge >= 0.3 is 0 Å². The Morgan fingerprint density at radius 1 is 1.17 bits per heavy atom. The number of nitrogens with one attached hydrogen (secondary N) is 1. The van der Waals surface area contributed by atoms with Crippen LogP contribution in [0.2, 0.25) is 0 Å². The van der Waals surface area contributed by atoms with Gasteiger partial charge in [-0.3, -0.25) is 9.20 Å². The van der Waals surface area contributed by atoms with E-state index in [4.69, 9.17) is 0 Å². The first kappa shape index (κ1) is 16.0. The Labute approximate surface area is 138 Å². The van der Waals surface area contributed by atoms with E-state index >= 15 is 0 Å². The molecule has 0 saturated heterocycles. The number of carbonyl (C=O) groups excluding carboxylic acids is 1. The minimum absolute atomic E-state index is 0.00246. The van der Waals surface area contributed by atoms with E-state index in [1.54, 1.807) is 0 Å². The second-order valence-electron chi connectivity index (χ2n) is 6.90. The van der Waals surface area contributed by atoms with Crippen LogP contribution in [0.3, 0.4) is 0 Å². The number of fused-ring (bicyclic) bond motifs is 1. The number of aromatic nitrogens is 2. The molecule has 0 bridgehead atoms.